The topological polar surface area (TPSA) is 74.7 Å². The highest BCUT2D eigenvalue weighted by atomic mass is 16.5. The van der Waals surface area contributed by atoms with Crippen molar-refractivity contribution < 1.29 is 9.47 Å². The summed E-state index contributed by atoms with van der Waals surface area (Å²) in [5.74, 6) is 2.53. The Labute approximate surface area is 129 Å². The number of nitrogens with zero attached hydrogens (tertiary/aromatic N) is 3. The van der Waals surface area contributed by atoms with Crippen LogP contribution < -0.4 is 15.2 Å². The van der Waals surface area contributed by atoms with Crippen molar-refractivity contribution in [3.05, 3.63) is 35.7 Å². The second kappa shape index (κ2) is 6.09. The lowest BCUT2D eigenvalue weighted by molar-refractivity contribution is 0.280. The van der Waals surface area contributed by atoms with Gasteiger partial charge in [0.15, 0.2) is 11.5 Å². The highest BCUT2D eigenvalue weighted by Gasteiger charge is 2.22. The van der Waals surface area contributed by atoms with E-state index in [1.165, 1.54) is 12.8 Å². The molecular formula is C16H20N4O2. The molecule has 0 bridgehead atoms. The van der Waals surface area contributed by atoms with Crippen LogP contribution in [0.1, 0.15) is 24.1 Å². The molecular weight excluding hydrogens is 280 g/mol. The maximum absolute atomic E-state index is 5.84. The molecule has 1 aromatic heterocycles. The molecule has 1 aliphatic carbocycles. The number of benzene rings is 1. The third-order valence-electron chi connectivity index (χ3n) is 3.53. The standard InChI is InChI=1S/C16H20N4O2/c1-11-9-20(16(17)19-11)18-8-13-5-6-14(21-2)15(7-13)22-10-12-3-4-12/h5-9,12H,3-4,10H2,1-2H3,(H2,17,19). The average molecular weight is 300 g/mol. The van der Waals surface area contributed by atoms with Gasteiger partial charge in [-0.05, 0) is 49.4 Å². The molecule has 116 valence electrons. The molecule has 1 saturated carbocycles. The van der Waals surface area contributed by atoms with Crippen LogP contribution in [0.25, 0.3) is 0 Å². The number of nitrogen functional groups attached to an aromatic ring is 1. The minimum absolute atomic E-state index is 0.368. The molecule has 0 spiro atoms. The number of hydrogen-bond donors (Lipinski definition) is 1. The van der Waals surface area contributed by atoms with Crippen molar-refractivity contribution in [3.8, 4) is 11.5 Å². The zero-order valence-electron chi connectivity index (χ0n) is 12.8. The number of aryl methyl sites for hydroxylation is 1. The summed E-state index contributed by atoms with van der Waals surface area (Å²) in [5.41, 5.74) is 7.51. The van der Waals surface area contributed by atoms with Crippen LogP contribution in [0.15, 0.2) is 29.5 Å². The number of aromatic nitrogens is 2. The van der Waals surface area contributed by atoms with Gasteiger partial charge in [0.05, 0.1) is 31.8 Å². The maximum atomic E-state index is 5.84. The summed E-state index contributed by atoms with van der Waals surface area (Å²) in [6, 6.07) is 5.73. The van der Waals surface area contributed by atoms with E-state index in [1.54, 1.807) is 24.2 Å². The first-order valence-corrected chi connectivity index (χ1v) is 7.32. The molecule has 1 fully saturated rings. The Balaban J connectivity index is 1.77. The van der Waals surface area contributed by atoms with E-state index in [1.807, 2.05) is 25.1 Å². The van der Waals surface area contributed by atoms with E-state index in [2.05, 4.69) is 10.1 Å². The second-order valence-corrected chi connectivity index (χ2v) is 5.49. The highest BCUT2D eigenvalue weighted by molar-refractivity contribution is 5.81. The Hall–Kier alpha value is -2.50. The highest BCUT2D eigenvalue weighted by Crippen LogP contribution is 2.33. The first-order valence-electron chi connectivity index (χ1n) is 7.32. The smallest absolute Gasteiger partial charge is 0.221 e. The third-order valence-corrected chi connectivity index (χ3v) is 3.53. The summed E-state index contributed by atoms with van der Waals surface area (Å²) in [4.78, 5) is 4.11. The molecule has 0 aliphatic heterocycles. The summed E-state index contributed by atoms with van der Waals surface area (Å²) in [6.45, 7) is 2.62. The molecule has 22 heavy (non-hydrogen) atoms. The van der Waals surface area contributed by atoms with Crippen molar-refractivity contribution in [2.24, 2.45) is 11.0 Å². The fraction of sp³-hybridized carbons (Fsp3) is 0.375. The number of ether oxygens (including phenoxy) is 2. The predicted molar refractivity (Wildman–Crippen MR) is 85.6 cm³/mol. The summed E-state index contributed by atoms with van der Waals surface area (Å²) in [7, 11) is 1.64. The number of rotatable bonds is 6. The molecule has 6 heteroatoms. The van der Waals surface area contributed by atoms with Gasteiger partial charge in [-0.3, -0.25) is 0 Å². The van der Waals surface area contributed by atoms with Gasteiger partial charge in [-0.2, -0.15) is 5.10 Å². The van der Waals surface area contributed by atoms with Gasteiger partial charge in [0.25, 0.3) is 0 Å². The SMILES string of the molecule is COc1ccc(C=Nn2cc(C)nc2N)cc1OCC1CC1. The van der Waals surface area contributed by atoms with E-state index in [0.717, 1.165) is 29.4 Å². The molecule has 1 heterocycles. The van der Waals surface area contributed by atoms with Gasteiger partial charge in [0.1, 0.15) is 0 Å². The molecule has 0 amide bonds. The lowest BCUT2D eigenvalue weighted by Crippen LogP contribution is -2.02. The predicted octanol–water partition coefficient (Wildman–Crippen LogP) is 2.45. The first-order chi connectivity index (χ1) is 10.7. The lowest BCUT2D eigenvalue weighted by Gasteiger charge is -2.10. The van der Waals surface area contributed by atoms with Crippen LogP contribution in [0.5, 0.6) is 11.5 Å². The molecule has 6 nitrogen and oxygen atoms in total. The second-order valence-electron chi connectivity index (χ2n) is 5.49. The van der Waals surface area contributed by atoms with Gasteiger partial charge < -0.3 is 15.2 Å². The van der Waals surface area contributed by atoms with Gasteiger partial charge >= 0.3 is 0 Å². The maximum Gasteiger partial charge on any atom is 0.221 e. The van der Waals surface area contributed by atoms with Crippen molar-refractivity contribution in [1.82, 2.24) is 9.66 Å². The van der Waals surface area contributed by atoms with Crippen molar-refractivity contribution in [3.63, 3.8) is 0 Å². The fourth-order valence-corrected chi connectivity index (χ4v) is 2.10. The van der Waals surface area contributed by atoms with Crippen LogP contribution in [0.4, 0.5) is 5.95 Å². The van der Waals surface area contributed by atoms with Gasteiger partial charge in [0, 0.05) is 0 Å². The number of methoxy groups -OCH3 is 1. The molecule has 2 aromatic rings. The van der Waals surface area contributed by atoms with Crippen molar-refractivity contribution in [2.45, 2.75) is 19.8 Å². The number of anilines is 1. The van der Waals surface area contributed by atoms with Crippen LogP contribution >= 0.6 is 0 Å². The van der Waals surface area contributed by atoms with Gasteiger partial charge in [-0.25, -0.2) is 9.66 Å². The fourth-order valence-electron chi connectivity index (χ4n) is 2.10. The van der Waals surface area contributed by atoms with Crippen LogP contribution in [-0.2, 0) is 0 Å². The van der Waals surface area contributed by atoms with E-state index in [0.29, 0.717) is 11.9 Å². The van der Waals surface area contributed by atoms with E-state index in [-0.39, 0.29) is 0 Å². The van der Waals surface area contributed by atoms with Crippen molar-refractivity contribution in [2.75, 3.05) is 19.5 Å². The van der Waals surface area contributed by atoms with Crippen molar-refractivity contribution in [1.29, 1.82) is 0 Å². The average Bonchev–Trinajstić information content (AvgIpc) is 3.28. The monoisotopic (exact) mass is 300 g/mol. The van der Waals surface area contributed by atoms with E-state index >= 15 is 0 Å². The number of nitrogens with two attached hydrogens (primary N) is 1. The third kappa shape index (κ3) is 3.39. The molecule has 3 rings (SSSR count). The minimum Gasteiger partial charge on any atom is -0.493 e. The van der Waals surface area contributed by atoms with Crippen LogP contribution in [0.3, 0.4) is 0 Å². The molecule has 0 radical (unpaired) electrons. The summed E-state index contributed by atoms with van der Waals surface area (Å²) >= 11 is 0. The first kappa shape index (κ1) is 14.4. The zero-order chi connectivity index (χ0) is 15.5. The van der Waals surface area contributed by atoms with Gasteiger partial charge in [-0.1, -0.05) is 0 Å². The van der Waals surface area contributed by atoms with E-state index < -0.39 is 0 Å². The van der Waals surface area contributed by atoms with E-state index in [9.17, 15) is 0 Å². The summed E-state index contributed by atoms with van der Waals surface area (Å²) < 4.78 is 12.7. The van der Waals surface area contributed by atoms with Crippen molar-refractivity contribution >= 4 is 12.2 Å². The van der Waals surface area contributed by atoms with Crippen LogP contribution in [-0.4, -0.2) is 29.6 Å². The Morgan fingerprint density at radius 3 is 2.86 bits per heavy atom. The zero-order valence-corrected chi connectivity index (χ0v) is 12.8. The normalized spacial score (nSPS) is 14.5. The molecule has 1 aromatic carbocycles. The summed E-state index contributed by atoms with van der Waals surface area (Å²) in [6.07, 6.45) is 6.01. The Bertz CT molecular complexity index is 689. The molecule has 1 aliphatic rings. The minimum atomic E-state index is 0.368. The number of hydrogen-bond acceptors (Lipinski definition) is 5. The van der Waals surface area contributed by atoms with Crippen LogP contribution in [0, 0.1) is 12.8 Å². The molecule has 2 N–H and O–H groups in total. The molecule has 0 unspecified atom stereocenters. The van der Waals surface area contributed by atoms with Gasteiger partial charge in [0.2, 0.25) is 5.95 Å². The lowest BCUT2D eigenvalue weighted by atomic mass is 10.2. The Kier molecular flexibility index (Phi) is 4.00. The Morgan fingerprint density at radius 2 is 2.23 bits per heavy atom. The largest absolute Gasteiger partial charge is 0.493 e. The summed E-state index contributed by atoms with van der Waals surface area (Å²) in [5, 5.41) is 4.31. The van der Waals surface area contributed by atoms with Crippen LogP contribution in [0.2, 0.25) is 0 Å². The van der Waals surface area contributed by atoms with E-state index in [4.69, 9.17) is 15.2 Å². The molecule has 0 saturated heterocycles. The number of imidazole rings is 1. The van der Waals surface area contributed by atoms with Gasteiger partial charge in [-0.15, -0.1) is 0 Å². The Morgan fingerprint density at radius 1 is 1.41 bits per heavy atom. The molecule has 0 atom stereocenters. The quantitative estimate of drug-likeness (QED) is 0.832.